The van der Waals surface area contributed by atoms with Crippen LogP contribution in [0.1, 0.15) is 24.5 Å². The molecule has 1 unspecified atom stereocenters. The number of hydrogen-bond donors (Lipinski definition) is 1. The van der Waals surface area contributed by atoms with E-state index >= 15 is 0 Å². The third-order valence-electron chi connectivity index (χ3n) is 5.77. The van der Waals surface area contributed by atoms with Gasteiger partial charge in [0.2, 0.25) is 0 Å². The fourth-order valence-corrected chi connectivity index (χ4v) is 4.34. The molecule has 0 aliphatic carbocycles. The van der Waals surface area contributed by atoms with E-state index in [2.05, 4.69) is 22.5 Å². The number of aliphatic hydroxyl groups excluding tert-OH is 1. The van der Waals surface area contributed by atoms with Gasteiger partial charge in [-0.25, -0.2) is 0 Å². The quantitative estimate of drug-likeness (QED) is 0.878. The zero-order valence-electron chi connectivity index (χ0n) is 14.1. The maximum Gasteiger partial charge on any atom is 0.119 e. The van der Waals surface area contributed by atoms with Gasteiger partial charge in [-0.2, -0.15) is 0 Å². The number of piperidine rings is 3. The van der Waals surface area contributed by atoms with Crippen LogP contribution in [-0.4, -0.2) is 41.2 Å². The highest BCUT2D eigenvalue weighted by Crippen LogP contribution is 2.41. The van der Waals surface area contributed by atoms with Gasteiger partial charge in [-0.1, -0.05) is 6.08 Å². The molecule has 5 rings (SSSR count). The third kappa shape index (κ3) is 2.60. The topological polar surface area (TPSA) is 45.6 Å². The van der Waals surface area contributed by atoms with E-state index in [0.717, 1.165) is 41.7 Å². The van der Waals surface area contributed by atoms with Crippen molar-refractivity contribution in [3.05, 3.63) is 48.7 Å². The average Bonchev–Trinajstić information content (AvgIpc) is 2.66. The lowest BCUT2D eigenvalue weighted by molar-refractivity contribution is -0.0449. The van der Waals surface area contributed by atoms with Crippen molar-refractivity contribution in [2.24, 2.45) is 11.8 Å². The van der Waals surface area contributed by atoms with Crippen molar-refractivity contribution in [3.8, 4) is 5.75 Å². The first-order valence-electron chi connectivity index (χ1n) is 8.68. The fraction of sp³-hybridized carbons (Fsp3) is 0.450. The lowest BCUT2D eigenvalue weighted by Crippen LogP contribution is -2.54. The van der Waals surface area contributed by atoms with E-state index in [1.165, 1.54) is 6.42 Å². The predicted molar refractivity (Wildman–Crippen MR) is 95.0 cm³/mol. The van der Waals surface area contributed by atoms with Gasteiger partial charge in [0.05, 0.1) is 18.7 Å². The summed E-state index contributed by atoms with van der Waals surface area (Å²) in [6, 6.07) is 8.06. The SMILES string of the molecule is C=C[C@H]1CN2CC[C@@H]1C[C@@H]2[C@@H](O)c1cnc2ccc(OC)cc2c1. The van der Waals surface area contributed by atoms with Crippen molar-refractivity contribution in [3.63, 3.8) is 0 Å². The van der Waals surface area contributed by atoms with Crippen LogP contribution in [0.25, 0.3) is 10.9 Å². The molecule has 3 saturated heterocycles. The molecule has 0 radical (unpaired) electrons. The Morgan fingerprint density at radius 2 is 2.29 bits per heavy atom. The van der Waals surface area contributed by atoms with Gasteiger partial charge < -0.3 is 9.84 Å². The van der Waals surface area contributed by atoms with Crippen LogP contribution in [-0.2, 0) is 0 Å². The van der Waals surface area contributed by atoms with E-state index in [0.29, 0.717) is 11.8 Å². The molecule has 0 amide bonds. The molecular weight excluding hydrogens is 300 g/mol. The second-order valence-corrected chi connectivity index (χ2v) is 7.02. The summed E-state index contributed by atoms with van der Waals surface area (Å²) in [4.78, 5) is 6.94. The van der Waals surface area contributed by atoms with E-state index in [4.69, 9.17) is 4.74 Å². The van der Waals surface area contributed by atoms with Gasteiger partial charge >= 0.3 is 0 Å². The number of nitrogens with zero attached hydrogens (tertiary/aromatic N) is 2. The number of fused-ring (bicyclic) bond motifs is 4. The summed E-state index contributed by atoms with van der Waals surface area (Å²) < 4.78 is 5.30. The maximum absolute atomic E-state index is 11.0. The van der Waals surface area contributed by atoms with Crippen LogP contribution < -0.4 is 4.74 Å². The predicted octanol–water partition coefficient (Wildman–Crippen LogP) is 3.17. The minimum absolute atomic E-state index is 0.185. The number of rotatable bonds is 4. The molecule has 0 saturated carbocycles. The Hall–Kier alpha value is -1.91. The molecule has 1 aromatic heterocycles. The number of pyridine rings is 1. The van der Waals surface area contributed by atoms with Crippen molar-refractivity contribution >= 4 is 10.9 Å². The average molecular weight is 324 g/mol. The number of ether oxygens (including phenoxy) is 1. The lowest BCUT2D eigenvalue weighted by Gasteiger charge is -2.50. The van der Waals surface area contributed by atoms with Crippen molar-refractivity contribution in [1.82, 2.24) is 9.88 Å². The Morgan fingerprint density at radius 1 is 1.42 bits per heavy atom. The molecule has 4 heteroatoms. The van der Waals surface area contributed by atoms with Crippen LogP contribution in [0.4, 0.5) is 0 Å². The van der Waals surface area contributed by atoms with Crippen LogP contribution >= 0.6 is 0 Å². The van der Waals surface area contributed by atoms with Crippen LogP contribution in [0, 0.1) is 11.8 Å². The Bertz CT molecular complexity index is 760. The van der Waals surface area contributed by atoms with E-state index in [-0.39, 0.29) is 6.04 Å². The van der Waals surface area contributed by atoms with E-state index in [1.807, 2.05) is 30.5 Å². The highest BCUT2D eigenvalue weighted by Gasteiger charge is 2.42. The summed E-state index contributed by atoms with van der Waals surface area (Å²) >= 11 is 0. The summed E-state index contributed by atoms with van der Waals surface area (Å²) in [7, 11) is 1.66. The molecule has 5 atom stereocenters. The van der Waals surface area contributed by atoms with Crippen molar-refractivity contribution in [1.29, 1.82) is 0 Å². The van der Waals surface area contributed by atoms with Gasteiger partial charge in [-0.3, -0.25) is 9.88 Å². The van der Waals surface area contributed by atoms with E-state index in [1.54, 1.807) is 7.11 Å². The molecule has 24 heavy (non-hydrogen) atoms. The molecule has 3 aliphatic heterocycles. The number of methoxy groups -OCH3 is 1. The number of hydrogen-bond acceptors (Lipinski definition) is 4. The Labute approximate surface area is 142 Å². The van der Waals surface area contributed by atoms with Gasteiger partial charge in [0.15, 0.2) is 0 Å². The minimum Gasteiger partial charge on any atom is -0.497 e. The lowest BCUT2D eigenvalue weighted by atomic mass is 9.74. The van der Waals surface area contributed by atoms with Gasteiger partial charge in [0.25, 0.3) is 0 Å². The monoisotopic (exact) mass is 324 g/mol. The summed E-state index contributed by atoms with van der Waals surface area (Å²) in [6.07, 6.45) is 5.65. The maximum atomic E-state index is 11.0. The molecular formula is C20H24N2O2. The van der Waals surface area contributed by atoms with E-state index < -0.39 is 6.10 Å². The zero-order valence-corrected chi connectivity index (χ0v) is 14.1. The normalized spacial score (nSPS) is 30.2. The highest BCUT2D eigenvalue weighted by atomic mass is 16.5. The summed E-state index contributed by atoms with van der Waals surface area (Å²) in [6.45, 7) is 6.06. The fourth-order valence-electron chi connectivity index (χ4n) is 4.34. The van der Waals surface area contributed by atoms with Crippen LogP contribution in [0.5, 0.6) is 5.75 Å². The van der Waals surface area contributed by atoms with Gasteiger partial charge in [-0.05, 0) is 55.5 Å². The van der Waals surface area contributed by atoms with Crippen LogP contribution in [0.3, 0.4) is 0 Å². The second-order valence-electron chi connectivity index (χ2n) is 7.02. The zero-order chi connectivity index (χ0) is 16.7. The van der Waals surface area contributed by atoms with Crippen molar-refractivity contribution in [2.45, 2.75) is 25.0 Å². The molecule has 1 aromatic carbocycles. The molecule has 2 bridgehead atoms. The first-order valence-corrected chi connectivity index (χ1v) is 8.68. The third-order valence-corrected chi connectivity index (χ3v) is 5.77. The van der Waals surface area contributed by atoms with Gasteiger partial charge in [0.1, 0.15) is 5.75 Å². The standard InChI is InChI=1S/C20H24N2O2/c1-3-13-12-22-7-6-14(13)10-19(22)20(23)16-8-15-9-17(24-2)4-5-18(15)21-11-16/h3-5,8-9,11,13-14,19-20,23H,1,6-7,10,12H2,2H3/t13-,14+,19+,20-/m0/s1. The van der Waals surface area contributed by atoms with Crippen LogP contribution in [0.2, 0.25) is 0 Å². The minimum atomic E-state index is -0.498. The van der Waals surface area contributed by atoms with Crippen LogP contribution in [0.15, 0.2) is 43.1 Å². The van der Waals surface area contributed by atoms with Gasteiger partial charge in [0, 0.05) is 29.7 Å². The first-order chi connectivity index (χ1) is 11.7. The molecule has 3 aliphatic rings. The molecule has 126 valence electrons. The summed E-state index contributed by atoms with van der Waals surface area (Å²) in [5.74, 6) is 2.03. The number of aliphatic hydroxyl groups is 1. The summed E-state index contributed by atoms with van der Waals surface area (Å²) in [5, 5.41) is 12.0. The Kier molecular flexibility index (Phi) is 4.02. The molecule has 1 N–H and O–H groups in total. The molecule has 2 aromatic rings. The molecule has 4 heterocycles. The Morgan fingerprint density at radius 3 is 3.00 bits per heavy atom. The number of aromatic nitrogens is 1. The molecule has 0 spiro atoms. The van der Waals surface area contributed by atoms with Gasteiger partial charge in [-0.15, -0.1) is 6.58 Å². The summed E-state index contributed by atoms with van der Waals surface area (Å²) in [5.41, 5.74) is 1.81. The Balaban J connectivity index is 1.61. The highest BCUT2D eigenvalue weighted by molar-refractivity contribution is 5.80. The second kappa shape index (κ2) is 6.19. The largest absolute Gasteiger partial charge is 0.497 e. The van der Waals surface area contributed by atoms with Crippen molar-refractivity contribution in [2.75, 3.05) is 20.2 Å². The van der Waals surface area contributed by atoms with E-state index in [9.17, 15) is 5.11 Å². The number of benzene rings is 1. The first kappa shape index (κ1) is 15.6. The molecule has 4 nitrogen and oxygen atoms in total. The van der Waals surface area contributed by atoms with Crippen molar-refractivity contribution < 1.29 is 9.84 Å². The molecule has 3 fully saturated rings. The smallest absolute Gasteiger partial charge is 0.119 e.